The SMILES string of the molecule is CC(CNC(=O)OCC1c2ccccc2-c2ccccc21)C(=O)N1CCC2C(C1)C2C(=O)O. The van der Waals surface area contributed by atoms with Crippen LogP contribution in [0.5, 0.6) is 0 Å². The van der Waals surface area contributed by atoms with Crippen molar-refractivity contribution in [3.05, 3.63) is 59.7 Å². The van der Waals surface area contributed by atoms with E-state index in [-0.39, 0.29) is 42.7 Å². The Morgan fingerprint density at radius 3 is 2.33 bits per heavy atom. The molecule has 0 spiro atoms. The molecule has 1 saturated carbocycles. The van der Waals surface area contributed by atoms with Crippen LogP contribution in [-0.2, 0) is 14.3 Å². The van der Waals surface area contributed by atoms with Crippen LogP contribution in [0.25, 0.3) is 11.1 Å². The molecule has 33 heavy (non-hydrogen) atoms. The highest BCUT2D eigenvalue weighted by Crippen LogP contribution is 2.51. The maximum atomic E-state index is 12.8. The van der Waals surface area contributed by atoms with E-state index in [0.29, 0.717) is 13.1 Å². The summed E-state index contributed by atoms with van der Waals surface area (Å²) >= 11 is 0. The number of nitrogens with zero attached hydrogens (tertiary/aromatic N) is 1. The predicted molar refractivity (Wildman–Crippen MR) is 122 cm³/mol. The lowest BCUT2D eigenvalue weighted by molar-refractivity contribution is -0.139. The van der Waals surface area contributed by atoms with Gasteiger partial charge in [-0.25, -0.2) is 4.79 Å². The lowest BCUT2D eigenvalue weighted by Gasteiger charge is -2.29. The van der Waals surface area contributed by atoms with E-state index >= 15 is 0 Å². The van der Waals surface area contributed by atoms with Crippen LogP contribution in [0.1, 0.15) is 30.4 Å². The first kappa shape index (κ1) is 21.5. The highest BCUT2D eigenvalue weighted by Gasteiger charge is 2.57. The quantitative estimate of drug-likeness (QED) is 0.707. The van der Waals surface area contributed by atoms with E-state index in [1.807, 2.05) is 24.3 Å². The van der Waals surface area contributed by atoms with Gasteiger partial charge in [-0.15, -0.1) is 0 Å². The third-order valence-corrected chi connectivity index (χ3v) is 7.41. The fourth-order valence-corrected chi connectivity index (χ4v) is 5.59. The second kappa shape index (κ2) is 8.54. The van der Waals surface area contributed by atoms with E-state index in [0.717, 1.165) is 17.5 Å². The molecule has 2 aromatic carbocycles. The van der Waals surface area contributed by atoms with Gasteiger partial charge in [-0.1, -0.05) is 55.5 Å². The Kier molecular flexibility index (Phi) is 5.56. The molecule has 1 saturated heterocycles. The van der Waals surface area contributed by atoms with Gasteiger partial charge in [0, 0.05) is 25.6 Å². The second-order valence-corrected chi connectivity index (χ2v) is 9.37. The number of fused-ring (bicyclic) bond motifs is 4. The van der Waals surface area contributed by atoms with Gasteiger partial charge in [0.05, 0.1) is 11.8 Å². The van der Waals surface area contributed by atoms with E-state index in [4.69, 9.17) is 4.74 Å². The van der Waals surface area contributed by atoms with Crippen molar-refractivity contribution in [1.29, 1.82) is 0 Å². The Morgan fingerprint density at radius 1 is 1.06 bits per heavy atom. The smallest absolute Gasteiger partial charge is 0.407 e. The van der Waals surface area contributed by atoms with E-state index in [9.17, 15) is 19.5 Å². The van der Waals surface area contributed by atoms with Gasteiger partial charge in [0.1, 0.15) is 6.61 Å². The maximum Gasteiger partial charge on any atom is 0.407 e. The average Bonchev–Trinajstić information content (AvgIpc) is 3.48. The first-order valence-electron chi connectivity index (χ1n) is 11.6. The van der Waals surface area contributed by atoms with Gasteiger partial charge in [-0.05, 0) is 40.5 Å². The summed E-state index contributed by atoms with van der Waals surface area (Å²) in [5.74, 6) is -1.25. The highest BCUT2D eigenvalue weighted by molar-refractivity contribution is 5.81. The minimum atomic E-state index is -0.760. The fourth-order valence-electron chi connectivity index (χ4n) is 5.59. The zero-order valence-electron chi connectivity index (χ0n) is 18.6. The number of carbonyl (C=O) groups is 3. The third kappa shape index (κ3) is 3.96. The number of carboxylic acids is 1. The summed E-state index contributed by atoms with van der Waals surface area (Å²) in [6, 6.07) is 16.3. The van der Waals surface area contributed by atoms with Crippen LogP contribution in [0.15, 0.2) is 48.5 Å². The molecule has 1 heterocycles. The third-order valence-electron chi connectivity index (χ3n) is 7.41. The molecule has 0 aromatic heterocycles. The number of likely N-dealkylation sites (tertiary alicyclic amines) is 1. The Morgan fingerprint density at radius 2 is 1.70 bits per heavy atom. The van der Waals surface area contributed by atoms with Crippen molar-refractivity contribution in [2.24, 2.45) is 23.7 Å². The molecule has 0 radical (unpaired) electrons. The summed E-state index contributed by atoms with van der Waals surface area (Å²) in [7, 11) is 0. The Bertz CT molecular complexity index is 1050. The van der Waals surface area contributed by atoms with Crippen LogP contribution in [0.3, 0.4) is 0 Å². The molecule has 4 atom stereocenters. The van der Waals surface area contributed by atoms with Crippen LogP contribution in [-0.4, -0.2) is 54.2 Å². The number of piperidine rings is 1. The predicted octanol–water partition coefficient (Wildman–Crippen LogP) is 3.34. The van der Waals surface area contributed by atoms with Crippen molar-refractivity contribution in [1.82, 2.24) is 10.2 Å². The zero-order valence-corrected chi connectivity index (χ0v) is 18.6. The Balaban J connectivity index is 1.12. The van der Waals surface area contributed by atoms with Crippen LogP contribution in [0.2, 0.25) is 0 Å². The monoisotopic (exact) mass is 448 g/mol. The van der Waals surface area contributed by atoms with E-state index < -0.39 is 18.0 Å². The molecule has 2 aliphatic carbocycles. The van der Waals surface area contributed by atoms with Crippen molar-refractivity contribution in [2.45, 2.75) is 19.3 Å². The average molecular weight is 449 g/mol. The summed E-state index contributed by atoms with van der Waals surface area (Å²) in [5, 5.41) is 12.0. The van der Waals surface area contributed by atoms with Crippen LogP contribution >= 0.6 is 0 Å². The number of amides is 2. The summed E-state index contributed by atoms with van der Waals surface area (Å²) in [4.78, 5) is 38.1. The van der Waals surface area contributed by atoms with E-state index in [1.54, 1.807) is 11.8 Å². The first-order chi connectivity index (χ1) is 16.0. The normalized spacial score (nSPS) is 23.7. The second-order valence-electron chi connectivity index (χ2n) is 9.37. The van der Waals surface area contributed by atoms with Gasteiger partial charge in [-0.2, -0.15) is 0 Å². The minimum Gasteiger partial charge on any atom is -0.481 e. The molecule has 2 aromatic rings. The summed E-state index contributed by atoms with van der Waals surface area (Å²) in [6.45, 7) is 3.27. The number of hydrogen-bond acceptors (Lipinski definition) is 4. The molecule has 5 rings (SSSR count). The largest absolute Gasteiger partial charge is 0.481 e. The molecule has 2 N–H and O–H groups in total. The van der Waals surface area contributed by atoms with Crippen molar-refractivity contribution in [3.63, 3.8) is 0 Å². The number of aliphatic carboxylic acids is 1. The molecule has 172 valence electrons. The zero-order chi connectivity index (χ0) is 23.1. The number of carbonyl (C=O) groups excluding carboxylic acids is 2. The Hall–Kier alpha value is -3.35. The number of carboxylic acid groups (broad SMARTS) is 1. The molecule has 0 bridgehead atoms. The number of hydrogen-bond donors (Lipinski definition) is 2. The van der Waals surface area contributed by atoms with Gasteiger partial charge < -0.3 is 20.1 Å². The molecular formula is C26H28N2O5. The molecule has 1 aliphatic heterocycles. The molecule has 2 amide bonds. The van der Waals surface area contributed by atoms with Crippen molar-refractivity contribution in [3.8, 4) is 11.1 Å². The number of rotatable bonds is 6. The topological polar surface area (TPSA) is 95.9 Å². The van der Waals surface area contributed by atoms with Crippen LogP contribution in [0.4, 0.5) is 4.79 Å². The summed E-state index contributed by atoms with van der Waals surface area (Å²) < 4.78 is 5.54. The first-order valence-corrected chi connectivity index (χ1v) is 11.6. The van der Waals surface area contributed by atoms with Gasteiger partial charge in [-0.3, -0.25) is 9.59 Å². The number of benzene rings is 2. The highest BCUT2D eigenvalue weighted by atomic mass is 16.5. The van der Waals surface area contributed by atoms with Gasteiger partial charge >= 0.3 is 12.1 Å². The number of nitrogens with one attached hydrogen (secondary N) is 1. The van der Waals surface area contributed by atoms with Crippen molar-refractivity contribution in [2.75, 3.05) is 26.2 Å². The van der Waals surface area contributed by atoms with Crippen molar-refractivity contribution >= 4 is 18.0 Å². The molecule has 2 fully saturated rings. The van der Waals surface area contributed by atoms with E-state index in [1.165, 1.54) is 11.1 Å². The van der Waals surface area contributed by atoms with Crippen molar-refractivity contribution < 1.29 is 24.2 Å². The fraction of sp³-hybridized carbons (Fsp3) is 0.423. The molecule has 4 unspecified atom stereocenters. The van der Waals surface area contributed by atoms with Gasteiger partial charge in [0.25, 0.3) is 0 Å². The molecule has 7 heteroatoms. The lowest BCUT2D eigenvalue weighted by atomic mass is 9.98. The summed E-state index contributed by atoms with van der Waals surface area (Å²) in [5.41, 5.74) is 4.65. The number of alkyl carbamates (subject to hydrolysis) is 1. The minimum absolute atomic E-state index is 0.00998. The van der Waals surface area contributed by atoms with E-state index in [2.05, 4.69) is 29.6 Å². The van der Waals surface area contributed by atoms with Gasteiger partial charge in [0.2, 0.25) is 5.91 Å². The summed E-state index contributed by atoms with van der Waals surface area (Å²) in [6.07, 6.45) is 0.197. The standard InChI is InChI=1S/C26H28N2O5/c1-15(24(29)28-11-10-20-21(13-28)23(20)25(30)31)12-27-26(32)33-14-22-18-8-4-2-6-16(18)17-7-3-5-9-19(17)22/h2-9,15,20-23H,10-14H2,1H3,(H,27,32)(H,30,31). The molecule has 3 aliphatic rings. The number of ether oxygens (including phenoxy) is 1. The molecule has 7 nitrogen and oxygen atoms in total. The molecular weight excluding hydrogens is 420 g/mol. The van der Waals surface area contributed by atoms with Gasteiger partial charge in [0.15, 0.2) is 0 Å². The lowest BCUT2D eigenvalue weighted by Crippen LogP contribution is -2.43. The van der Waals surface area contributed by atoms with Crippen LogP contribution in [0, 0.1) is 23.7 Å². The van der Waals surface area contributed by atoms with Crippen LogP contribution < -0.4 is 5.32 Å². The Labute approximate surface area is 192 Å². The maximum absolute atomic E-state index is 12.8.